The average Bonchev–Trinajstić information content (AvgIpc) is 2.20. The maximum atomic E-state index is 12.1. The van der Waals surface area contributed by atoms with E-state index in [2.05, 4.69) is 0 Å². The van der Waals surface area contributed by atoms with E-state index in [0.717, 1.165) is 0 Å². The first-order valence-corrected chi connectivity index (χ1v) is 7.20. The van der Waals surface area contributed by atoms with Crippen molar-refractivity contribution in [2.75, 3.05) is 20.0 Å². The minimum absolute atomic E-state index is 0.00994. The molecule has 1 saturated carbocycles. The van der Waals surface area contributed by atoms with Crippen LogP contribution in [0.4, 0.5) is 13.2 Å². The molecule has 1 fully saturated rings. The van der Waals surface area contributed by atoms with Gasteiger partial charge in [-0.2, -0.15) is 13.2 Å². The lowest BCUT2D eigenvalue weighted by Crippen LogP contribution is -2.47. The monoisotopic (exact) mass is 290 g/mol. The van der Waals surface area contributed by atoms with Crippen molar-refractivity contribution in [2.45, 2.75) is 37.0 Å². The van der Waals surface area contributed by atoms with Crippen molar-refractivity contribution in [3.63, 3.8) is 0 Å². The quantitative estimate of drug-likeness (QED) is 0.703. The Morgan fingerprint density at radius 2 is 1.72 bits per heavy atom. The summed E-state index contributed by atoms with van der Waals surface area (Å²) in [6.07, 6.45) is 1.62. The van der Waals surface area contributed by atoms with Gasteiger partial charge in [0.25, 0.3) is 0 Å². The molecule has 0 aromatic rings. The van der Waals surface area contributed by atoms with Crippen molar-refractivity contribution in [1.29, 1.82) is 0 Å². The summed E-state index contributed by atoms with van der Waals surface area (Å²) in [4.78, 5) is 0. The van der Waals surface area contributed by atoms with Crippen LogP contribution in [0.5, 0.6) is 0 Å². The first kappa shape index (κ1) is 15.7. The minimum atomic E-state index is -5.14. The van der Waals surface area contributed by atoms with Gasteiger partial charge in [0.15, 0.2) is 5.79 Å². The predicted molar refractivity (Wildman–Crippen MR) is 58.5 cm³/mol. The standard InChI is InChI=1S/C10H17F3O4S/c1-16-9(17-2)6-8(7-9)4-3-5-18(14,15)10(11,12)13/h8H,3-7H2,1-2H3. The van der Waals surface area contributed by atoms with E-state index in [0.29, 0.717) is 19.3 Å². The molecule has 0 heterocycles. The van der Waals surface area contributed by atoms with Gasteiger partial charge in [-0.3, -0.25) is 0 Å². The molecular formula is C10H17F3O4S. The highest BCUT2D eigenvalue weighted by Gasteiger charge is 2.47. The predicted octanol–water partition coefficient (Wildman–Crippen LogP) is 2.10. The lowest BCUT2D eigenvalue weighted by molar-refractivity contribution is -0.270. The summed E-state index contributed by atoms with van der Waals surface area (Å²) in [5.74, 6) is -1.32. The van der Waals surface area contributed by atoms with Crippen LogP contribution in [0.15, 0.2) is 0 Å². The summed E-state index contributed by atoms with van der Waals surface area (Å²) in [5.41, 5.74) is -5.14. The minimum Gasteiger partial charge on any atom is -0.353 e. The summed E-state index contributed by atoms with van der Waals surface area (Å²) in [6, 6.07) is 0. The Bertz CT molecular complexity index is 365. The van der Waals surface area contributed by atoms with Crippen LogP contribution in [0.2, 0.25) is 0 Å². The molecule has 1 aliphatic rings. The van der Waals surface area contributed by atoms with E-state index in [4.69, 9.17) is 9.47 Å². The summed E-state index contributed by atoms with van der Waals surface area (Å²) >= 11 is 0. The zero-order valence-corrected chi connectivity index (χ0v) is 11.1. The summed E-state index contributed by atoms with van der Waals surface area (Å²) in [6.45, 7) is 0. The molecule has 0 unspecified atom stereocenters. The summed E-state index contributed by atoms with van der Waals surface area (Å²) in [5, 5.41) is 0. The lowest BCUT2D eigenvalue weighted by atomic mass is 9.76. The molecule has 0 radical (unpaired) electrons. The largest absolute Gasteiger partial charge is 0.497 e. The van der Waals surface area contributed by atoms with E-state index in [9.17, 15) is 21.6 Å². The molecular weight excluding hydrogens is 273 g/mol. The third-order valence-corrected chi connectivity index (χ3v) is 4.85. The van der Waals surface area contributed by atoms with Gasteiger partial charge in [-0.25, -0.2) is 8.42 Å². The smallest absolute Gasteiger partial charge is 0.353 e. The Kier molecular flexibility index (Phi) is 4.66. The number of hydrogen-bond donors (Lipinski definition) is 0. The van der Waals surface area contributed by atoms with Crippen LogP contribution in [-0.2, 0) is 19.3 Å². The van der Waals surface area contributed by atoms with Crippen molar-refractivity contribution in [1.82, 2.24) is 0 Å². The van der Waals surface area contributed by atoms with Crippen molar-refractivity contribution in [2.24, 2.45) is 5.92 Å². The highest BCUT2D eigenvalue weighted by atomic mass is 32.2. The molecule has 0 amide bonds. The summed E-state index contributed by atoms with van der Waals surface area (Å²) in [7, 11) is -1.96. The van der Waals surface area contributed by atoms with Crippen LogP contribution in [0, 0.1) is 5.92 Å². The Hall–Kier alpha value is -0.340. The van der Waals surface area contributed by atoms with Crippen molar-refractivity contribution in [3.8, 4) is 0 Å². The van der Waals surface area contributed by atoms with E-state index < -0.39 is 26.9 Å². The molecule has 0 aromatic heterocycles. The number of hydrogen-bond acceptors (Lipinski definition) is 4. The van der Waals surface area contributed by atoms with Crippen LogP contribution in [0.1, 0.15) is 25.7 Å². The van der Waals surface area contributed by atoms with Crippen molar-refractivity contribution < 1.29 is 31.1 Å². The third-order valence-electron chi connectivity index (χ3n) is 3.32. The normalized spacial score (nSPS) is 20.7. The van der Waals surface area contributed by atoms with Gasteiger partial charge in [0, 0.05) is 27.1 Å². The summed E-state index contributed by atoms with van der Waals surface area (Å²) < 4.78 is 68.1. The molecule has 4 nitrogen and oxygen atoms in total. The van der Waals surface area contributed by atoms with E-state index in [-0.39, 0.29) is 12.3 Å². The number of rotatable bonds is 6. The number of sulfone groups is 1. The van der Waals surface area contributed by atoms with E-state index >= 15 is 0 Å². The van der Waals surface area contributed by atoms with Gasteiger partial charge in [0.1, 0.15) is 0 Å². The number of alkyl halides is 3. The Morgan fingerprint density at radius 3 is 2.11 bits per heavy atom. The number of halogens is 3. The average molecular weight is 290 g/mol. The van der Waals surface area contributed by atoms with Crippen LogP contribution >= 0.6 is 0 Å². The first-order valence-electron chi connectivity index (χ1n) is 5.55. The fourth-order valence-electron chi connectivity index (χ4n) is 2.12. The molecule has 108 valence electrons. The van der Waals surface area contributed by atoms with Crippen molar-refractivity contribution in [3.05, 3.63) is 0 Å². The molecule has 0 aliphatic heterocycles. The molecule has 18 heavy (non-hydrogen) atoms. The lowest BCUT2D eigenvalue weighted by Gasteiger charge is -2.45. The van der Waals surface area contributed by atoms with Gasteiger partial charge < -0.3 is 9.47 Å². The third kappa shape index (κ3) is 3.36. The van der Waals surface area contributed by atoms with Crippen LogP contribution in [0.3, 0.4) is 0 Å². The second kappa shape index (κ2) is 5.34. The van der Waals surface area contributed by atoms with Crippen LogP contribution in [0.25, 0.3) is 0 Å². The van der Waals surface area contributed by atoms with E-state index in [1.807, 2.05) is 0 Å². The number of methoxy groups -OCH3 is 2. The fourth-order valence-corrected chi connectivity index (χ4v) is 2.90. The SMILES string of the molecule is COC1(OC)CC(CCCS(=O)(=O)C(F)(F)F)C1. The molecule has 1 aliphatic carbocycles. The van der Waals surface area contributed by atoms with E-state index in [1.54, 1.807) is 0 Å². The zero-order chi connectivity index (χ0) is 14.0. The van der Waals surface area contributed by atoms with Gasteiger partial charge in [-0.15, -0.1) is 0 Å². The van der Waals surface area contributed by atoms with Gasteiger partial charge in [0.05, 0.1) is 5.75 Å². The van der Waals surface area contributed by atoms with Crippen LogP contribution < -0.4 is 0 Å². The molecule has 1 rings (SSSR count). The fraction of sp³-hybridized carbons (Fsp3) is 1.00. The molecule has 0 N–H and O–H groups in total. The molecule has 0 saturated heterocycles. The van der Waals surface area contributed by atoms with E-state index in [1.165, 1.54) is 14.2 Å². The van der Waals surface area contributed by atoms with Crippen LogP contribution in [-0.4, -0.2) is 39.7 Å². The highest BCUT2D eigenvalue weighted by molar-refractivity contribution is 7.92. The molecule has 0 aromatic carbocycles. The molecule has 0 atom stereocenters. The highest BCUT2D eigenvalue weighted by Crippen LogP contribution is 2.43. The van der Waals surface area contributed by atoms with Gasteiger partial charge in [-0.05, 0) is 18.8 Å². The Labute approximate surface area is 104 Å². The van der Waals surface area contributed by atoms with Crippen molar-refractivity contribution >= 4 is 9.84 Å². The second-order valence-electron chi connectivity index (χ2n) is 4.50. The molecule has 0 bridgehead atoms. The number of ether oxygens (including phenoxy) is 2. The molecule has 0 spiro atoms. The molecule has 8 heteroatoms. The zero-order valence-electron chi connectivity index (χ0n) is 10.3. The maximum absolute atomic E-state index is 12.1. The Morgan fingerprint density at radius 1 is 1.22 bits per heavy atom. The van der Waals surface area contributed by atoms with Gasteiger partial charge in [-0.1, -0.05) is 0 Å². The first-order chi connectivity index (χ1) is 8.16. The topological polar surface area (TPSA) is 52.6 Å². The second-order valence-corrected chi connectivity index (χ2v) is 6.60. The maximum Gasteiger partial charge on any atom is 0.497 e. The Balaban J connectivity index is 2.30. The van der Waals surface area contributed by atoms with Gasteiger partial charge in [0.2, 0.25) is 9.84 Å². The van der Waals surface area contributed by atoms with Gasteiger partial charge >= 0.3 is 5.51 Å².